The highest BCUT2D eigenvalue weighted by Crippen LogP contribution is 2.38. The lowest BCUT2D eigenvalue weighted by Crippen LogP contribution is -2.06. The second-order valence-electron chi connectivity index (χ2n) is 6.19. The van der Waals surface area contributed by atoms with Gasteiger partial charge in [-0.15, -0.1) is 0 Å². The third kappa shape index (κ3) is 3.04. The van der Waals surface area contributed by atoms with Gasteiger partial charge in [0.2, 0.25) is 5.88 Å². The molecule has 116 valence electrons. The van der Waals surface area contributed by atoms with Crippen molar-refractivity contribution in [2.24, 2.45) is 0 Å². The van der Waals surface area contributed by atoms with Crippen LogP contribution in [0, 0.1) is 0 Å². The summed E-state index contributed by atoms with van der Waals surface area (Å²) in [6.07, 6.45) is 10.1. The monoisotopic (exact) mass is 304 g/mol. The first-order valence-corrected chi connectivity index (χ1v) is 8.38. The summed E-state index contributed by atoms with van der Waals surface area (Å²) < 4.78 is 6.13. The van der Waals surface area contributed by atoms with Gasteiger partial charge < -0.3 is 4.74 Å². The van der Waals surface area contributed by atoms with Crippen molar-refractivity contribution in [1.82, 2.24) is 9.97 Å². The summed E-state index contributed by atoms with van der Waals surface area (Å²) in [6.45, 7) is 0. The minimum atomic E-state index is 0.613. The summed E-state index contributed by atoms with van der Waals surface area (Å²) >= 11 is 0. The summed E-state index contributed by atoms with van der Waals surface area (Å²) in [6, 6.07) is 14.3. The molecular formula is C20H20N2O. The zero-order chi connectivity index (χ0) is 15.5. The molecule has 1 aliphatic rings. The fourth-order valence-corrected chi connectivity index (χ4v) is 3.44. The number of para-hydroxylation sites is 1. The largest absolute Gasteiger partial charge is 0.439 e. The maximum absolute atomic E-state index is 6.13. The van der Waals surface area contributed by atoms with Gasteiger partial charge in [-0.05, 0) is 42.5 Å². The van der Waals surface area contributed by atoms with Crippen LogP contribution in [0.1, 0.15) is 43.6 Å². The molecule has 0 N–H and O–H groups in total. The summed E-state index contributed by atoms with van der Waals surface area (Å²) in [5.74, 6) is 2.19. The van der Waals surface area contributed by atoms with E-state index in [0.29, 0.717) is 11.8 Å². The smallest absolute Gasteiger partial charge is 0.219 e. The molecule has 0 amide bonds. The zero-order valence-electron chi connectivity index (χ0n) is 13.1. The highest BCUT2D eigenvalue weighted by Gasteiger charge is 2.19. The minimum absolute atomic E-state index is 0.613. The highest BCUT2D eigenvalue weighted by molar-refractivity contribution is 5.77. The Bertz CT molecular complexity index is 809. The summed E-state index contributed by atoms with van der Waals surface area (Å²) in [4.78, 5) is 8.71. The molecule has 2 heterocycles. The Kier molecular flexibility index (Phi) is 3.93. The second kappa shape index (κ2) is 6.37. The van der Waals surface area contributed by atoms with Crippen LogP contribution in [-0.2, 0) is 0 Å². The number of fused-ring (bicyclic) bond motifs is 1. The van der Waals surface area contributed by atoms with Gasteiger partial charge in [0.15, 0.2) is 0 Å². The zero-order valence-corrected chi connectivity index (χ0v) is 13.1. The van der Waals surface area contributed by atoms with Gasteiger partial charge >= 0.3 is 0 Å². The number of nitrogens with zero attached hydrogens (tertiary/aromatic N) is 2. The van der Waals surface area contributed by atoms with Gasteiger partial charge in [0, 0.05) is 17.6 Å². The molecule has 0 spiro atoms. The molecule has 0 aliphatic heterocycles. The van der Waals surface area contributed by atoms with Crippen LogP contribution < -0.4 is 4.74 Å². The van der Waals surface area contributed by atoms with Gasteiger partial charge in [-0.25, -0.2) is 4.98 Å². The van der Waals surface area contributed by atoms with Crippen molar-refractivity contribution >= 4 is 10.9 Å². The minimum Gasteiger partial charge on any atom is -0.439 e. The molecule has 1 aliphatic carbocycles. The molecule has 3 nitrogen and oxygen atoms in total. The van der Waals surface area contributed by atoms with Crippen LogP contribution in [0.2, 0.25) is 0 Å². The Morgan fingerprint density at radius 3 is 2.70 bits per heavy atom. The lowest BCUT2D eigenvalue weighted by Gasteiger charge is -2.23. The van der Waals surface area contributed by atoms with Crippen molar-refractivity contribution in [3.63, 3.8) is 0 Å². The molecule has 0 atom stereocenters. The number of ether oxygens (including phenoxy) is 1. The van der Waals surface area contributed by atoms with Gasteiger partial charge in [-0.3, -0.25) is 4.98 Å². The van der Waals surface area contributed by atoms with Gasteiger partial charge in [0.25, 0.3) is 0 Å². The van der Waals surface area contributed by atoms with E-state index in [2.05, 4.69) is 28.2 Å². The number of hydrogen-bond donors (Lipinski definition) is 0. The molecule has 2 aromatic heterocycles. The van der Waals surface area contributed by atoms with Crippen LogP contribution in [0.4, 0.5) is 0 Å². The number of rotatable bonds is 3. The van der Waals surface area contributed by atoms with Crippen LogP contribution in [0.25, 0.3) is 10.9 Å². The van der Waals surface area contributed by atoms with E-state index in [-0.39, 0.29) is 0 Å². The molecule has 0 unspecified atom stereocenters. The van der Waals surface area contributed by atoms with E-state index in [4.69, 9.17) is 4.74 Å². The summed E-state index contributed by atoms with van der Waals surface area (Å²) in [5.41, 5.74) is 2.18. The van der Waals surface area contributed by atoms with Crippen LogP contribution in [0.5, 0.6) is 11.6 Å². The third-order valence-electron chi connectivity index (χ3n) is 4.65. The number of aromatic nitrogens is 2. The first-order chi connectivity index (χ1) is 11.4. The maximum Gasteiger partial charge on any atom is 0.219 e. The van der Waals surface area contributed by atoms with E-state index in [1.165, 1.54) is 37.7 Å². The van der Waals surface area contributed by atoms with Crippen molar-refractivity contribution < 1.29 is 4.74 Å². The van der Waals surface area contributed by atoms with Crippen LogP contribution >= 0.6 is 0 Å². The Morgan fingerprint density at radius 1 is 0.913 bits per heavy atom. The molecule has 1 fully saturated rings. The number of benzene rings is 1. The molecule has 1 saturated carbocycles. The molecule has 0 bridgehead atoms. The quantitative estimate of drug-likeness (QED) is 0.643. The van der Waals surface area contributed by atoms with Gasteiger partial charge in [-0.2, -0.15) is 0 Å². The van der Waals surface area contributed by atoms with E-state index >= 15 is 0 Å². The van der Waals surface area contributed by atoms with Crippen LogP contribution in [0.15, 0.2) is 54.9 Å². The van der Waals surface area contributed by atoms with Crippen LogP contribution in [0.3, 0.4) is 0 Å². The average molecular weight is 304 g/mol. The predicted octanol–water partition coefficient (Wildman–Crippen LogP) is 5.47. The van der Waals surface area contributed by atoms with E-state index in [0.717, 1.165) is 16.7 Å². The van der Waals surface area contributed by atoms with Crippen molar-refractivity contribution in [2.45, 2.75) is 38.0 Å². The fourth-order valence-electron chi connectivity index (χ4n) is 3.44. The lowest BCUT2D eigenvalue weighted by atomic mass is 9.84. The lowest BCUT2D eigenvalue weighted by molar-refractivity contribution is 0.414. The number of hydrogen-bond acceptors (Lipinski definition) is 3. The first kappa shape index (κ1) is 14.2. The normalized spacial score (nSPS) is 15.7. The summed E-state index contributed by atoms with van der Waals surface area (Å²) in [7, 11) is 0. The molecule has 1 aromatic carbocycles. The molecule has 0 saturated heterocycles. The first-order valence-electron chi connectivity index (χ1n) is 8.38. The van der Waals surface area contributed by atoms with Crippen LogP contribution in [-0.4, -0.2) is 9.97 Å². The molecule has 3 aromatic rings. The Labute approximate surface area is 136 Å². The topological polar surface area (TPSA) is 35.0 Å². The Morgan fingerprint density at radius 2 is 1.78 bits per heavy atom. The Hall–Kier alpha value is -2.42. The summed E-state index contributed by atoms with van der Waals surface area (Å²) in [5, 5.41) is 1.08. The van der Waals surface area contributed by atoms with E-state index in [1.54, 1.807) is 12.4 Å². The predicted molar refractivity (Wildman–Crippen MR) is 91.9 cm³/mol. The SMILES string of the molecule is c1ccc(C2CCCCC2)c(Oc2ccc3ccncc3n2)c1. The fraction of sp³-hybridized carbons (Fsp3) is 0.300. The number of pyridine rings is 2. The Balaban J connectivity index is 1.64. The van der Waals surface area contributed by atoms with Crippen molar-refractivity contribution in [1.29, 1.82) is 0 Å². The molecular weight excluding hydrogens is 284 g/mol. The van der Waals surface area contributed by atoms with Gasteiger partial charge in [-0.1, -0.05) is 37.5 Å². The molecule has 0 radical (unpaired) electrons. The second-order valence-corrected chi connectivity index (χ2v) is 6.19. The third-order valence-corrected chi connectivity index (χ3v) is 4.65. The van der Waals surface area contributed by atoms with E-state index in [9.17, 15) is 0 Å². The van der Waals surface area contributed by atoms with E-state index < -0.39 is 0 Å². The highest BCUT2D eigenvalue weighted by atomic mass is 16.5. The van der Waals surface area contributed by atoms with Gasteiger partial charge in [0.1, 0.15) is 5.75 Å². The van der Waals surface area contributed by atoms with Crippen molar-refractivity contribution in [3.8, 4) is 11.6 Å². The van der Waals surface area contributed by atoms with E-state index in [1.807, 2.05) is 24.3 Å². The molecule has 4 rings (SSSR count). The van der Waals surface area contributed by atoms with Gasteiger partial charge in [0.05, 0.1) is 11.7 Å². The standard InChI is InChI=1S/C20H20N2O/c1-2-6-15(7-3-1)17-8-4-5-9-19(17)23-20-11-10-16-12-13-21-14-18(16)22-20/h4-5,8-15H,1-3,6-7H2. The molecule has 3 heteroatoms. The molecule has 23 heavy (non-hydrogen) atoms. The maximum atomic E-state index is 6.13. The average Bonchev–Trinajstić information content (AvgIpc) is 2.63. The van der Waals surface area contributed by atoms with Crippen molar-refractivity contribution in [2.75, 3.05) is 0 Å². The van der Waals surface area contributed by atoms with Crippen molar-refractivity contribution in [3.05, 3.63) is 60.4 Å².